The van der Waals surface area contributed by atoms with E-state index in [0.29, 0.717) is 0 Å². The van der Waals surface area contributed by atoms with Gasteiger partial charge in [0.25, 0.3) is 0 Å². The Hall–Kier alpha value is -9.93. The van der Waals surface area contributed by atoms with E-state index in [1.54, 1.807) is 66.0 Å². The smallest absolute Gasteiger partial charge is 0.303 e. The molecule has 0 saturated heterocycles. The number of carboxylic acids is 1. The Kier molecular flexibility index (Phi) is 40.0. The molecule has 0 fully saturated rings. The lowest BCUT2D eigenvalue weighted by Crippen LogP contribution is -3.06. The monoisotopic (exact) mass is 1770 g/mol. The molecule has 8 N–H and O–H groups in total. The van der Waals surface area contributed by atoms with Gasteiger partial charge in [-0.25, -0.2) is 127 Å². The second-order valence-corrected chi connectivity index (χ2v) is 30.6. The lowest BCUT2D eigenvalue weighted by molar-refractivity contribution is -0.858. The summed E-state index contributed by atoms with van der Waals surface area (Å²) in [7, 11) is -11.7. The molecule has 5 aromatic rings. The molecule has 1 unspecified atom stereocenters. The number of benzene rings is 5. The lowest BCUT2D eigenvalue weighted by atomic mass is 10.1. The fourth-order valence-electron chi connectivity index (χ4n) is 7.51. The number of quaternary nitrogens is 3. The van der Waals surface area contributed by atoms with E-state index in [-0.39, 0.29) is 65.1 Å². The lowest BCUT2D eigenvalue weighted by Gasteiger charge is -2.13. The highest BCUT2D eigenvalue weighted by Crippen LogP contribution is 2.38. The normalized spacial score (nSPS) is 11.8. The maximum atomic E-state index is 13.8. The number of carboxylic acid groups (broad SMARTS) is 1. The quantitative estimate of drug-likeness (QED) is 0.00524. The first kappa shape index (κ1) is 102. The first-order valence-electron chi connectivity index (χ1n) is 29.8. The standard InChI is InChI=1S/C12H13F4N5O4S.2C10H11F4N5O2S.2C10H10F4N4O3S/c13-6-8(15)11(9(16)7(14)10(6)20-21-18)26(24,25)19-4-2-1-3-5(17)12(22)23;2*1-19(2)4-3-16-22(20,21)10-7(13)5(11)9(17-18-15)6(12)8(10)14;2*1-18(2)3-4-21-22(19,20)10-7(13)5(11)9(16-17-15)6(12)8(10)14/h5,19H,1-4,17H2,(H,22,23);2*16H,3-4H2,1-2H3;2*3-4H2,1-2H3/p+2. The summed E-state index contributed by atoms with van der Waals surface area (Å²) in [5.41, 5.74) is 35.8. The number of carbonyl (C=O) groups excluding carboxylic acids is 1. The van der Waals surface area contributed by atoms with Crippen LogP contribution in [0.2, 0.25) is 0 Å². The molecule has 62 heteroatoms. The van der Waals surface area contributed by atoms with Crippen molar-refractivity contribution < 1.29 is 164 Å². The Balaban J connectivity index is 0.000000714. The highest BCUT2D eigenvalue weighted by Gasteiger charge is 2.39. The van der Waals surface area contributed by atoms with Gasteiger partial charge in [-0.2, -0.15) is 16.8 Å². The van der Waals surface area contributed by atoms with Gasteiger partial charge in [0.15, 0.2) is 141 Å². The van der Waals surface area contributed by atoms with Crippen LogP contribution < -0.4 is 34.8 Å². The van der Waals surface area contributed by atoms with Crippen LogP contribution in [-0.2, 0) is 63.5 Å². The molecule has 0 saturated carbocycles. The number of hydrogen-bond acceptors (Lipinski definition) is 21. The maximum Gasteiger partial charge on any atom is 0.303 e. The summed E-state index contributed by atoms with van der Waals surface area (Å²) in [4.78, 5) is 15.8. The van der Waals surface area contributed by atoms with Gasteiger partial charge in [-0.3, -0.25) is 8.37 Å². The van der Waals surface area contributed by atoms with Crippen LogP contribution >= 0.6 is 0 Å². The average molecular weight is 1770 g/mol. The van der Waals surface area contributed by atoms with E-state index in [4.69, 9.17) is 27.7 Å². The highest BCUT2D eigenvalue weighted by molar-refractivity contribution is 7.90. The summed E-state index contributed by atoms with van der Waals surface area (Å²) >= 11 is 0. The molecular weight excluding hydrogens is 1710 g/mol. The number of likely N-dealkylation sites (N-methyl/N-ethyl adjacent to an activating group) is 4. The van der Waals surface area contributed by atoms with Crippen molar-refractivity contribution in [3.63, 3.8) is 0 Å². The van der Waals surface area contributed by atoms with Gasteiger partial charge in [0.2, 0.25) is 30.1 Å². The largest absolute Gasteiger partial charge is 0.544 e. The topological polar surface area (TPSA) is 552 Å². The predicted octanol–water partition coefficient (Wildman–Crippen LogP) is 6.11. The van der Waals surface area contributed by atoms with E-state index in [1.807, 2.05) is 34.0 Å². The van der Waals surface area contributed by atoms with Crippen molar-refractivity contribution in [1.82, 2.24) is 24.0 Å². The number of carbonyl (C=O) groups is 1. The van der Waals surface area contributed by atoms with Crippen LogP contribution in [0, 0.1) is 116 Å². The fourth-order valence-corrected chi connectivity index (χ4v) is 13.1. The van der Waals surface area contributed by atoms with E-state index in [9.17, 15) is 140 Å². The zero-order valence-electron chi connectivity index (χ0n) is 58.7. The van der Waals surface area contributed by atoms with Gasteiger partial charge in [0, 0.05) is 57.2 Å². The molecule has 37 nitrogen and oxygen atoms in total. The third-order valence-corrected chi connectivity index (χ3v) is 20.1. The Labute approximate surface area is 629 Å². The minimum Gasteiger partial charge on any atom is -0.544 e. The molecule has 0 aliphatic heterocycles. The predicted molar refractivity (Wildman–Crippen MR) is 345 cm³/mol. The number of rotatable bonds is 33. The van der Waals surface area contributed by atoms with Crippen molar-refractivity contribution in [1.29, 1.82) is 0 Å². The van der Waals surface area contributed by atoms with Crippen LogP contribution in [0.25, 0.3) is 52.2 Å². The van der Waals surface area contributed by atoms with Crippen molar-refractivity contribution in [2.45, 2.75) is 49.8 Å². The molecule has 5 aromatic carbocycles. The SMILES string of the molecule is CN(C)CCNS(=O)(=O)c1c(F)c(F)c(N=[N+]=[N-])c(F)c1F.CN(C)CCOS(=O)(=O)c1c(F)c(F)c(N=[N+]=[N-])c(F)c1F.C[NH+](C)CCNS(=O)(=O)c1c(F)c(F)c(N=[N+]=[N-])c(F)c1F.C[NH+](C)CCOS(=O)(=O)c1c(F)c(F)c(N=[N+]=[N-])c(F)c1F.[N-]=[N+]=Nc1c(F)c(F)c(S(=O)(=O)NCCCCC([NH3+])C(=O)[O-])c(F)c1F. The number of sulfonamides is 3. The molecule has 0 spiro atoms. The van der Waals surface area contributed by atoms with Crippen molar-refractivity contribution >= 4 is 84.7 Å². The Morgan fingerprint density at radius 1 is 0.386 bits per heavy atom. The van der Waals surface area contributed by atoms with Crippen LogP contribution in [0.4, 0.5) is 116 Å². The van der Waals surface area contributed by atoms with Crippen LogP contribution in [0.15, 0.2) is 50.0 Å². The molecule has 632 valence electrons. The Bertz CT molecular complexity index is 4630. The number of halogens is 20. The van der Waals surface area contributed by atoms with Crippen molar-refractivity contribution in [3.8, 4) is 0 Å². The fraction of sp³-hybridized carbons (Fsp3) is 0.404. The van der Waals surface area contributed by atoms with Gasteiger partial charge in [-0.1, -0.05) is 25.6 Å². The van der Waals surface area contributed by atoms with Crippen molar-refractivity contribution in [3.05, 3.63) is 169 Å². The minimum absolute atomic E-state index is 0.0591. The second-order valence-electron chi connectivity index (χ2n) is 22.4. The molecule has 0 aliphatic carbocycles. The van der Waals surface area contributed by atoms with E-state index in [0.717, 1.165) is 9.80 Å². The number of nitrogens with zero attached hydrogens (tertiary/aromatic N) is 17. The van der Waals surface area contributed by atoms with Gasteiger partial charge in [-0.05, 0) is 68.7 Å². The van der Waals surface area contributed by atoms with Crippen molar-refractivity contribution in [2.24, 2.45) is 25.6 Å². The second kappa shape index (κ2) is 44.7. The summed E-state index contributed by atoms with van der Waals surface area (Å²) in [5.74, 6) is -44.6. The molecule has 0 heterocycles. The summed E-state index contributed by atoms with van der Waals surface area (Å²) < 4.78 is 404. The molecular formula is C52H57F20N23O14S5+2. The van der Waals surface area contributed by atoms with Crippen molar-refractivity contribution in [2.75, 3.05) is 115 Å². The molecule has 0 aliphatic rings. The first-order valence-corrected chi connectivity index (χ1v) is 37.1. The average Bonchev–Trinajstić information content (AvgIpc) is 0.795. The number of aliphatic carboxylic acids is 1. The number of nitrogens with one attached hydrogen (secondary N) is 5. The molecule has 0 bridgehead atoms. The third kappa shape index (κ3) is 27.1. The summed E-state index contributed by atoms with van der Waals surface area (Å²) in [6, 6.07) is -1.02. The van der Waals surface area contributed by atoms with Crippen LogP contribution in [0.3, 0.4) is 0 Å². The molecule has 0 amide bonds. The van der Waals surface area contributed by atoms with Gasteiger partial charge < -0.3 is 35.2 Å². The number of hydrogen-bond donors (Lipinski definition) is 6. The Morgan fingerprint density at radius 3 is 0.860 bits per heavy atom. The Morgan fingerprint density at radius 2 is 0.623 bits per heavy atom. The van der Waals surface area contributed by atoms with E-state index >= 15 is 0 Å². The molecule has 114 heavy (non-hydrogen) atoms. The maximum absolute atomic E-state index is 13.8. The summed E-state index contributed by atoms with van der Waals surface area (Å²) in [5, 5.41) is 22.7. The van der Waals surface area contributed by atoms with E-state index in [1.165, 1.54) is 4.90 Å². The zero-order chi connectivity index (χ0) is 88.4. The molecule has 5 rings (SSSR count). The highest BCUT2D eigenvalue weighted by atomic mass is 32.2. The molecule has 0 aromatic heterocycles. The number of unbranched alkanes of at least 4 members (excludes halogenated alkanes) is 1. The van der Waals surface area contributed by atoms with E-state index in [2.05, 4.69) is 39.7 Å². The summed E-state index contributed by atoms with van der Waals surface area (Å²) in [6.45, 7) is -1.09. The third-order valence-electron chi connectivity index (χ3n) is 13.0. The minimum atomic E-state index is -5.09. The van der Waals surface area contributed by atoms with Gasteiger partial charge in [0.1, 0.15) is 47.6 Å². The molecule has 1 atom stereocenters. The van der Waals surface area contributed by atoms with Crippen LogP contribution in [0.5, 0.6) is 0 Å². The van der Waals surface area contributed by atoms with Gasteiger partial charge in [0.05, 0.1) is 53.9 Å². The zero-order valence-corrected chi connectivity index (χ0v) is 62.8. The summed E-state index contributed by atoms with van der Waals surface area (Å²) in [6.07, 6.45) is 0.314. The van der Waals surface area contributed by atoms with Crippen LogP contribution in [0.1, 0.15) is 19.3 Å². The van der Waals surface area contributed by atoms with Gasteiger partial charge >= 0.3 is 20.2 Å². The number of azide groups is 5. The van der Waals surface area contributed by atoms with Gasteiger partial charge in [-0.15, -0.1) is 0 Å². The first-order chi connectivity index (χ1) is 52.6. The van der Waals surface area contributed by atoms with E-state index < -0.39 is 245 Å². The van der Waals surface area contributed by atoms with Crippen LogP contribution in [-0.4, -0.2) is 179 Å². The molecule has 0 radical (unpaired) electrons.